The van der Waals surface area contributed by atoms with Crippen LogP contribution in [0.5, 0.6) is 0 Å². The van der Waals surface area contributed by atoms with Gasteiger partial charge < -0.3 is 0 Å². The molecule has 0 N–H and O–H groups in total. The van der Waals surface area contributed by atoms with Crippen molar-refractivity contribution < 1.29 is 19.5 Å². The maximum atomic E-state index is 2.06. The first-order valence-corrected chi connectivity index (χ1v) is 3.95. The molecule has 0 fully saturated rings. The van der Waals surface area contributed by atoms with Gasteiger partial charge in [-0.3, -0.25) is 0 Å². The van der Waals surface area contributed by atoms with Gasteiger partial charge in [-0.15, -0.1) is 0 Å². The molecule has 0 atom stereocenters. The van der Waals surface area contributed by atoms with Gasteiger partial charge in [0.1, 0.15) is 0 Å². The fourth-order valence-electron chi connectivity index (χ4n) is 0. The zero-order valence-electron chi connectivity index (χ0n) is 3.52. The Hall–Kier alpha value is 1.32. The molecule has 5 heavy (non-hydrogen) atoms. The molecule has 0 aromatic rings. The van der Waals surface area contributed by atoms with E-state index in [1.807, 2.05) is 0 Å². The molecule has 0 saturated heterocycles. The average Bonchev–Trinajstić information content (AvgIpc) is 1.37. The molecule has 0 radical (unpaired) electrons. The van der Waals surface area contributed by atoms with Crippen molar-refractivity contribution in [1.82, 2.24) is 0 Å². The summed E-state index contributed by atoms with van der Waals surface area (Å²) in [7, 11) is 3.55. The molecule has 0 saturated carbocycles. The van der Waals surface area contributed by atoms with E-state index in [4.69, 9.17) is 0 Å². The SMILES string of the molecule is CSSC.[Zn]. The smallest absolute Gasteiger partial charge is 0 e. The summed E-state index contributed by atoms with van der Waals surface area (Å²) in [6.07, 6.45) is 4.12. The first kappa shape index (κ1) is 9.59. The zero-order valence-corrected chi connectivity index (χ0v) is 8.12. The summed E-state index contributed by atoms with van der Waals surface area (Å²) in [5.74, 6) is 0. The van der Waals surface area contributed by atoms with E-state index in [1.54, 1.807) is 21.6 Å². The van der Waals surface area contributed by atoms with E-state index in [-0.39, 0.29) is 19.5 Å². The molecular weight excluding hydrogens is 154 g/mol. The normalized spacial score (nSPS) is 6.00. The minimum atomic E-state index is 0. The van der Waals surface area contributed by atoms with Gasteiger partial charge in [-0.25, -0.2) is 0 Å². The summed E-state index contributed by atoms with van der Waals surface area (Å²) in [5, 5.41) is 0. The predicted octanol–water partition coefficient (Wildman–Crippen LogP) is 1.62. The first-order valence-electron chi connectivity index (χ1n) is 0.983. The molecule has 0 aromatic carbocycles. The van der Waals surface area contributed by atoms with Gasteiger partial charge in [-0.2, -0.15) is 0 Å². The molecule has 0 aliphatic rings. The van der Waals surface area contributed by atoms with Crippen molar-refractivity contribution in [3.63, 3.8) is 0 Å². The van der Waals surface area contributed by atoms with Crippen LogP contribution in [-0.4, -0.2) is 12.5 Å². The van der Waals surface area contributed by atoms with Gasteiger partial charge in [-0.1, -0.05) is 21.6 Å². The van der Waals surface area contributed by atoms with Crippen LogP contribution in [0.2, 0.25) is 0 Å². The molecule has 0 unspecified atom stereocenters. The van der Waals surface area contributed by atoms with Crippen LogP contribution in [0, 0.1) is 0 Å². The van der Waals surface area contributed by atoms with Crippen LogP contribution in [-0.2, 0) is 19.5 Å². The van der Waals surface area contributed by atoms with E-state index < -0.39 is 0 Å². The molecular formula is C2H6S2Zn. The summed E-state index contributed by atoms with van der Waals surface area (Å²) in [5.41, 5.74) is 0. The van der Waals surface area contributed by atoms with Gasteiger partial charge >= 0.3 is 0 Å². The fourth-order valence-corrected chi connectivity index (χ4v) is 0. The summed E-state index contributed by atoms with van der Waals surface area (Å²) < 4.78 is 0. The van der Waals surface area contributed by atoms with Crippen LogP contribution >= 0.6 is 21.6 Å². The molecule has 0 amide bonds. The standard InChI is InChI=1S/C2H6S2.Zn/c1-3-4-2;/h1-2H3;. The van der Waals surface area contributed by atoms with Gasteiger partial charge in [0, 0.05) is 19.5 Å². The minimum absolute atomic E-state index is 0. The maximum absolute atomic E-state index is 2.06. The molecule has 0 nitrogen and oxygen atoms in total. The van der Waals surface area contributed by atoms with Gasteiger partial charge in [0.15, 0.2) is 0 Å². The molecule has 0 heterocycles. The second-order valence-electron chi connectivity index (χ2n) is 0.333. The van der Waals surface area contributed by atoms with Crippen LogP contribution in [0.3, 0.4) is 0 Å². The Kier molecular flexibility index (Phi) is 17.3. The molecule has 0 bridgehead atoms. The van der Waals surface area contributed by atoms with E-state index in [0.717, 1.165) is 0 Å². The molecule has 28 valence electrons. The Morgan fingerprint density at radius 1 is 1.00 bits per heavy atom. The Balaban J connectivity index is 0. The quantitative estimate of drug-likeness (QED) is 0.421. The second kappa shape index (κ2) is 9.01. The van der Waals surface area contributed by atoms with Crippen LogP contribution in [0.15, 0.2) is 0 Å². The summed E-state index contributed by atoms with van der Waals surface area (Å²) >= 11 is 0. The maximum Gasteiger partial charge on any atom is 0 e. The van der Waals surface area contributed by atoms with Crippen molar-refractivity contribution in [1.29, 1.82) is 0 Å². The van der Waals surface area contributed by atoms with E-state index >= 15 is 0 Å². The van der Waals surface area contributed by atoms with Crippen LogP contribution in [0.25, 0.3) is 0 Å². The second-order valence-corrected chi connectivity index (χ2v) is 3.00. The number of hydrogen-bond donors (Lipinski definition) is 0. The molecule has 0 aromatic heterocycles. The molecule has 0 rings (SSSR count). The minimum Gasteiger partial charge on any atom is -0.0979 e. The van der Waals surface area contributed by atoms with E-state index in [1.165, 1.54) is 0 Å². The van der Waals surface area contributed by atoms with Crippen molar-refractivity contribution in [3.8, 4) is 0 Å². The monoisotopic (exact) mass is 158 g/mol. The third-order valence-electron chi connectivity index (χ3n) is 0.167. The van der Waals surface area contributed by atoms with Gasteiger partial charge in [0.05, 0.1) is 0 Å². The molecule has 0 spiro atoms. The third-order valence-corrected chi connectivity index (χ3v) is 1.50. The summed E-state index contributed by atoms with van der Waals surface area (Å²) in [6.45, 7) is 0. The summed E-state index contributed by atoms with van der Waals surface area (Å²) in [6, 6.07) is 0. The van der Waals surface area contributed by atoms with Crippen molar-refractivity contribution in [2.24, 2.45) is 0 Å². The van der Waals surface area contributed by atoms with Crippen LogP contribution < -0.4 is 0 Å². The van der Waals surface area contributed by atoms with E-state index in [2.05, 4.69) is 12.5 Å². The van der Waals surface area contributed by atoms with Crippen molar-refractivity contribution in [3.05, 3.63) is 0 Å². The number of rotatable bonds is 1. The molecule has 0 aliphatic carbocycles. The van der Waals surface area contributed by atoms with Crippen molar-refractivity contribution in [2.75, 3.05) is 12.5 Å². The third kappa shape index (κ3) is 10.9. The van der Waals surface area contributed by atoms with Crippen LogP contribution in [0.4, 0.5) is 0 Å². The van der Waals surface area contributed by atoms with Gasteiger partial charge in [0.2, 0.25) is 0 Å². The fraction of sp³-hybridized carbons (Fsp3) is 1.00. The van der Waals surface area contributed by atoms with E-state index in [0.29, 0.717) is 0 Å². The number of hydrogen-bond acceptors (Lipinski definition) is 2. The zero-order chi connectivity index (χ0) is 3.41. The van der Waals surface area contributed by atoms with Crippen molar-refractivity contribution >= 4 is 21.6 Å². The van der Waals surface area contributed by atoms with Gasteiger partial charge in [-0.05, 0) is 12.5 Å². The van der Waals surface area contributed by atoms with Gasteiger partial charge in [0.25, 0.3) is 0 Å². The molecule has 3 heteroatoms. The van der Waals surface area contributed by atoms with Crippen molar-refractivity contribution in [2.45, 2.75) is 0 Å². The molecule has 0 aliphatic heterocycles. The Morgan fingerprint density at radius 3 is 1.20 bits per heavy atom. The predicted molar refractivity (Wildman–Crippen MR) is 27.0 cm³/mol. The Labute approximate surface area is 53.6 Å². The van der Waals surface area contributed by atoms with Crippen LogP contribution in [0.1, 0.15) is 0 Å². The topological polar surface area (TPSA) is 0 Å². The summed E-state index contributed by atoms with van der Waals surface area (Å²) in [4.78, 5) is 0. The first-order chi connectivity index (χ1) is 1.91. The average molecular weight is 160 g/mol. The largest absolute Gasteiger partial charge is 0.0979 e. The Morgan fingerprint density at radius 2 is 1.20 bits per heavy atom. The van der Waals surface area contributed by atoms with E-state index in [9.17, 15) is 0 Å². The Bertz CT molecular complexity index is 9.61.